The number of nitrogens with zero attached hydrogens (tertiary/aromatic N) is 4. The molecule has 2 aromatic heterocycles. The summed E-state index contributed by atoms with van der Waals surface area (Å²) in [6.45, 7) is 1.81. The number of alkyl halides is 3. The molecule has 0 atom stereocenters. The minimum Gasteiger partial charge on any atom is -0.479 e. The maximum absolute atomic E-state index is 12.8. The van der Waals surface area contributed by atoms with E-state index in [4.69, 9.17) is 0 Å². The third-order valence-corrected chi connectivity index (χ3v) is 6.93. The van der Waals surface area contributed by atoms with E-state index in [0.29, 0.717) is 30.0 Å². The molecular formula is C23H19F3N4O2S. The number of carboxylic acids is 1. The Bertz CT molecular complexity index is 1350. The number of benzene rings is 2. The summed E-state index contributed by atoms with van der Waals surface area (Å²) in [6.07, 6.45) is -1.28. The lowest BCUT2D eigenvalue weighted by atomic mass is 10.2. The van der Waals surface area contributed by atoms with E-state index in [2.05, 4.69) is 10.2 Å². The maximum Gasteiger partial charge on any atom is 0.416 e. The van der Waals surface area contributed by atoms with E-state index in [-0.39, 0.29) is 0 Å². The van der Waals surface area contributed by atoms with Crippen LogP contribution in [-0.2, 0) is 22.3 Å². The van der Waals surface area contributed by atoms with Crippen molar-refractivity contribution in [3.8, 4) is 5.69 Å². The fourth-order valence-electron chi connectivity index (χ4n) is 3.85. The smallest absolute Gasteiger partial charge is 0.416 e. The SMILES string of the molecule is Cc1nn(-c2ccc(C(F)(F)F)cc2)nc1CSc1ccc2c(ccn2C2(C(=O)O)CC2)c1. The number of halogens is 3. The van der Waals surface area contributed by atoms with Gasteiger partial charge >= 0.3 is 12.1 Å². The minimum atomic E-state index is -4.39. The maximum atomic E-state index is 12.8. The number of aliphatic carboxylic acids is 1. The van der Waals surface area contributed by atoms with Crippen molar-refractivity contribution in [3.05, 3.63) is 71.7 Å². The van der Waals surface area contributed by atoms with Gasteiger partial charge < -0.3 is 9.67 Å². The molecule has 0 bridgehead atoms. The van der Waals surface area contributed by atoms with Gasteiger partial charge in [0.25, 0.3) is 0 Å². The van der Waals surface area contributed by atoms with Gasteiger partial charge in [0.2, 0.25) is 0 Å². The molecule has 0 radical (unpaired) electrons. The summed E-state index contributed by atoms with van der Waals surface area (Å²) in [5.74, 6) is -0.261. The van der Waals surface area contributed by atoms with Gasteiger partial charge in [0.05, 0.1) is 22.6 Å². The molecule has 33 heavy (non-hydrogen) atoms. The predicted octanol–water partition coefficient (Wildman–Crippen LogP) is 5.42. The molecule has 1 saturated carbocycles. The second-order valence-electron chi connectivity index (χ2n) is 8.10. The molecule has 6 nitrogen and oxygen atoms in total. The van der Waals surface area contributed by atoms with Crippen LogP contribution in [-0.4, -0.2) is 30.6 Å². The van der Waals surface area contributed by atoms with Crippen LogP contribution in [0.5, 0.6) is 0 Å². The molecule has 4 aromatic rings. The Morgan fingerprint density at radius 3 is 2.48 bits per heavy atom. The summed E-state index contributed by atoms with van der Waals surface area (Å²) < 4.78 is 40.2. The van der Waals surface area contributed by atoms with Crippen LogP contribution in [0.1, 0.15) is 29.8 Å². The van der Waals surface area contributed by atoms with Crippen LogP contribution < -0.4 is 0 Å². The lowest BCUT2D eigenvalue weighted by molar-refractivity contribution is -0.142. The van der Waals surface area contributed by atoms with Crippen LogP contribution >= 0.6 is 11.8 Å². The van der Waals surface area contributed by atoms with Crippen LogP contribution in [0.2, 0.25) is 0 Å². The molecule has 0 saturated heterocycles. The number of thioether (sulfide) groups is 1. The van der Waals surface area contributed by atoms with E-state index in [9.17, 15) is 23.1 Å². The van der Waals surface area contributed by atoms with Gasteiger partial charge in [-0.25, -0.2) is 4.79 Å². The zero-order valence-electron chi connectivity index (χ0n) is 17.5. The molecule has 1 aliphatic rings. The van der Waals surface area contributed by atoms with Crippen LogP contribution in [0.25, 0.3) is 16.6 Å². The molecule has 1 fully saturated rings. The van der Waals surface area contributed by atoms with Gasteiger partial charge in [-0.3, -0.25) is 0 Å². The van der Waals surface area contributed by atoms with Crippen molar-refractivity contribution < 1.29 is 23.1 Å². The van der Waals surface area contributed by atoms with E-state index in [1.165, 1.54) is 16.9 Å². The Morgan fingerprint density at radius 2 is 1.85 bits per heavy atom. The fraction of sp³-hybridized carbons (Fsp3) is 0.261. The summed E-state index contributed by atoms with van der Waals surface area (Å²) in [4.78, 5) is 14.0. The van der Waals surface area contributed by atoms with Gasteiger partial charge in [-0.1, -0.05) is 0 Å². The summed E-state index contributed by atoms with van der Waals surface area (Å²) in [5, 5.41) is 19.3. The highest BCUT2D eigenvalue weighted by molar-refractivity contribution is 7.98. The topological polar surface area (TPSA) is 72.9 Å². The summed E-state index contributed by atoms with van der Waals surface area (Å²) in [5.41, 5.74) is 1.25. The monoisotopic (exact) mass is 472 g/mol. The van der Waals surface area contributed by atoms with E-state index in [1.54, 1.807) is 11.8 Å². The van der Waals surface area contributed by atoms with Crippen molar-refractivity contribution in [2.75, 3.05) is 0 Å². The third kappa shape index (κ3) is 3.88. The van der Waals surface area contributed by atoms with Gasteiger partial charge in [0.15, 0.2) is 0 Å². The predicted molar refractivity (Wildman–Crippen MR) is 117 cm³/mol. The Hall–Kier alpha value is -3.27. The van der Waals surface area contributed by atoms with Crippen molar-refractivity contribution in [1.82, 2.24) is 19.6 Å². The zero-order valence-corrected chi connectivity index (χ0v) is 18.3. The van der Waals surface area contributed by atoms with Crippen LogP contribution in [0.15, 0.2) is 59.6 Å². The third-order valence-electron chi connectivity index (χ3n) is 5.92. The van der Waals surface area contributed by atoms with Crippen LogP contribution in [0, 0.1) is 6.92 Å². The van der Waals surface area contributed by atoms with E-state index in [1.807, 2.05) is 42.0 Å². The number of hydrogen-bond donors (Lipinski definition) is 1. The van der Waals surface area contributed by atoms with Crippen molar-refractivity contribution in [3.63, 3.8) is 0 Å². The second-order valence-corrected chi connectivity index (χ2v) is 9.15. The first kappa shape index (κ1) is 21.6. The van der Waals surface area contributed by atoms with Gasteiger partial charge in [0, 0.05) is 27.7 Å². The Labute approximate surface area is 191 Å². The van der Waals surface area contributed by atoms with Crippen LogP contribution in [0.4, 0.5) is 13.2 Å². The number of rotatable bonds is 6. The molecule has 0 spiro atoms. The second kappa shape index (κ2) is 7.65. The molecule has 0 amide bonds. The Kier molecular flexibility index (Phi) is 5.00. The lowest BCUT2D eigenvalue weighted by Crippen LogP contribution is -2.26. The normalized spacial score (nSPS) is 15.2. The molecule has 1 N–H and O–H groups in total. The van der Waals surface area contributed by atoms with E-state index in [0.717, 1.165) is 33.6 Å². The highest BCUT2D eigenvalue weighted by Crippen LogP contribution is 2.46. The molecule has 2 heterocycles. The number of fused-ring (bicyclic) bond motifs is 1. The van der Waals surface area contributed by atoms with Crippen molar-refractivity contribution >= 4 is 28.6 Å². The number of carboxylic acid groups (broad SMARTS) is 1. The lowest BCUT2D eigenvalue weighted by Gasteiger charge is -2.14. The molecule has 0 aliphatic heterocycles. The largest absolute Gasteiger partial charge is 0.479 e. The average molecular weight is 472 g/mol. The van der Waals surface area contributed by atoms with Gasteiger partial charge in [-0.05, 0) is 68.3 Å². The first-order valence-corrected chi connectivity index (χ1v) is 11.2. The summed E-state index contributed by atoms with van der Waals surface area (Å²) >= 11 is 1.57. The standard InChI is InChI=1S/C23H19F3N4O2S/c1-14-19(28-30(27-14)17-4-2-16(3-5-17)23(24,25)26)13-33-18-6-7-20-15(12-18)8-11-29(20)22(9-10-22)21(31)32/h2-8,11-12H,9-10,13H2,1H3,(H,31,32). The van der Waals surface area contributed by atoms with Crippen LogP contribution in [0.3, 0.4) is 0 Å². The molecule has 2 aromatic carbocycles. The van der Waals surface area contributed by atoms with Crippen molar-refractivity contribution in [2.45, 2.75) is 42.1 Å². The number of carbonyl (C=O) groups is 1. The molecular weight excluding hydrogens is 453 g/mol. The fourth-order valence-corrected chi connectivity index (χ4v) is 4.80. The molecule has 5 rings (SSSR count). The minimum absolute atomic E-state index is 0.456. The van der Waals surface area contributed by atoms with E-state index < -0.39 is 23.2 Å². The van der Waals surface area contributed by atoms with Crippen molar-refractivity contribution in [2.24, 2.45) is 0 Å². The molecule has 0 unspecified atom stereocenters. The Morgan fingerprint density at radius 1 is 1.12 bits per heavy atom. The zero-order chi connectivity index (χ0) is 23.4. The van der Waals surface area contributed by atoms with Gasteiger partial charge in [0.1, 0.15) is 5.54 Å². The summed E-state index contributed by atoms with van der Waals surface area (Å²) in [6, 6.07) is 12.6. The number of aryl methyl sites for hydroxylation is 1. The summed E-state index contributed by atoms with van der Waals surface area (Å²) in [7, 11) is 0. The van der Waals surface area contributed by atoms with Gasteiger partial charge in [-0.2, -0.15) is 28.2 Å². The average Bonchev–Trinajstić information content (AvgIpc) is 3.35. The van der Waals surface area contributed by atoms with Gasteiger partial charge in [-0.15, -0.1) is 11.8 Å². The number of aromatic nitrogens is 4. The Balaban J connectivity index is 1.32. The highest BCUT2D eigenvalue weighted by atomic mass is 32.2. The van der Waals surface area contributed by atoms with Crippen molar-refractivity contribution in [1.29, 1.82) is 0 Å². The first-order valence-electron chi connectivity index (χ1n) is 10.3. The first-order chi connectivity index (χ1) is 15.7. The molecule has 170 valence electrons. The molecule has 10 heteroatoms. The quantitative estimate of drug-likeness (QED) is 0.380. The molecule has 1 aliphatic carbocycles. The highest BCUT2D eigenvalue weighted by Gasteiger charge is 2.52. The number of hydrogen-bond acceptors (Lipinski definition) is 4. The van der Waals surface area contributed by atoms with E-state index >= 15 is 0 Å².